The summed E-state index contributed by atoms with van der Waals surface area (Å²) in [5.74, 6) is -0.335. The van der Waals surface area contributed by atoms with E-state index >= 15 is 0 Å². The van der Waals surface area contributed by atoms with Crippen molar-refractivity contribution in [3.05, 3.63) is 47.3 Å². The Hall–Kier alpha value is -0.320. The third-order valence-electron chi connectivity index (χ3n) is 3.57. The molecule has 0 amide bonds. The van der Waals surface area contributed by atoms with Crippen molar-refractivity contribution in [3.8, 4) is 0 Å². The Morgan fingerprint density at radius 1 is 1.33 bits per heavy atom. The van der Waals surface area contributed by atoms with Crippen molar-refractivity contribution in [1.29, 1.82) is 0 Å². The first-order valence-corrected chi connectivity index (χ1v) is 7.11. The summed E-state index contributed by atoms with van der Waals surface area (Å²) in [4.78, 5) is 2.41. The van der Waals surface area contributed by atoms with Gasteiger partial charge in [0.05, 0.1) is 5.02 Å². The van der Waals surface area contributed by atoms with Crippen LogP contribution in [0, 0.1) is 5.82 Å². The van der Waals surface area contributed by atoms with Gasteiger partial charge in [0.15, 0.2) is 0 Å². The molecule has 1 heterocycles. The zero-order valence-corrected chi connectivity index (χ0v) is 14.2. The summed E-state index contributed by atoms with van der Waals surface area (Å²) in [5, 5.41) is 3.53. The molecule has 1 aliphatic rings. The van der Waals surface area contributed by atoms with Crippen LogP contribution in [-0.2, 0) is 0 Å². The maximum atomic E-state index is 13.6. The minimum atomic E-state index is -0.335. The molecule has 21 heavy (non-hydrogen) atoms. The number of benzene rings is 1. The van der Waals surface area contributed by atoms with Crippen LogP contribution in [0.5, 0.6) is 0 Å². The monoisotopic (exact) mass is 354 g/mol. The fourth-order valence-electron chi connectivity index (χ4n) is 2.55. The van der Waals surface area contributed by atoms with E-state index in [0.717, 1.165) is 44.6 Å². The largest absolute Gasteiger partial charge is 0.314 e. The number of hydrogen-bond donors (Lipinski definition) is 1. The van der Waals surface area contributed by atoms with Gasteiger partial charge in [0.25, 0.3) is 0 Å². The van der Waals surface area contributed by atoms with Crippen LogP contribution < -0.4 is 5.32 Å². The molecule has 0 unspecified atom stereocenters. The average Bonchev–Trinajstić information content (AvgIpc) is 2.44. The highest BCUT2D eigenvalue weighted by molar-refractivity contribution is 6.30. The van der Waals surface area contributed by atoms with Crippen molar-refractivity contribution >= 4 is 36.4 Å². The van der Waals surface area contributed by atoms with Crippen molar-refractivity contribution in [2.45, 2.75) is 18.9 Å². The van der Waals surface area contributed by atoms with Gasteiger partial charge < -0.3 is 5.32 Å². The van der Waals surface area contributed by atoms with E-state index in [1.807, 2.05) is 12.1 Å². The van der Waals surface area contributed by atoms with E-state index in [-0.39, 0.29) is 41.7 Å². The van der Waals surface area contributed by atoms with Crippen molar-refractivity contribution in [1.82, 2.24) is 10.2 Å². The number of hydrogen-bond acceptors (Lipinski definition) is 2. The first kappa shape index (κ1) is 20.7. The standard InChI is InChI=1S/C15H20ClFN2.2ClH/c1-2-3-4-15(19-9-7-18-8-10-19)12-5-6-13(16)14(17)11-12;;/h2,5-6,11,15,18H,1,3-4,7-10H2;2*1H/t15-;;/m1../s1. The lowest BCUT2D eigenvalue weighted by Gasteiger charge is -2.35. The molecule has 0 bridgehead atoms. The third kappa shape index (κ3) is 5.76. The van der Waals surface area contributed by atoms with Crippen LogP contribution >= 0.6 is 36.4 Å². The Balaban J connectivity index is 0.00000200. The molecule has 120 valence electrons. The summed E-state index contributed by atoms with van der Waals surface area (Å²) < 4.78 is 13.6. The first-order chi connectivity index (χ1) is 9.22. The Bertz CT molecular complexity index is 437. The number of rotatable bonds is 5. The van der Waals surface area contributed by atoms with Crippen molar-refractivity contribution < 1.29 is 4.39 Å². The minimum absolute atomic E-state index is 0. The van der Waals surface area contributed by atoms with Crippen LogP contribution in [0.4, 0.5) is 4.39 Å². The van der Waals surface area contributed by atoms with E-state index in [4.69, 9.17) is 11.6 Å². The second-order valence-corrected chi connectivity index (χ2v) is 5.25. The number of piperazine rings is 1. The predicted octanol–water partition coefficient (Wildman–Crippen LogP) is 4.24. The van der Waals surface area contributed by atoms with Crippen molar-refractivity contribution in [3.63, 3.8) is 0 Å². The molecule has 1 N–H and O–H groups in total. The average molecular weight is 356 g/mol. The molecule has 2 rings (SSSR count). The summed E-state index contributed by atoms with van der Waals surface area (Å²) in [6, 6.07) is 5.39. The van der Waals surface area contributed by atoms with Gasteiger partial charge in [-0.25, -0.2) is 4.39 Å². The summed E-state index contributed by atoms with van der Waals surface area (Å²) in [7, 11) is 0. The zero-order valence-electron chi connectivity index (χ0n) is 11.9. The summed E-state index contributed by atoms with van der Waals surface area (Å²) >= 11 is 5.76. The van der Waals surface area contributed by atoms with Gasteiger partial charge in [-0.2, -0.15) is 0 Å². The molecule has 1 fully saturated rings. The second-order valence-electron chi connectivity index (χ2n) is 4.84. The predicted molar refractivity (Wildman–Crippen MR) is 92.5 cm³/mol. The molecular weight excluding hydrogens is 334 g/mol. The van der Waals surface area contributed by atoms with Crippen molar-refractivity contribution in [2.24, 2.45) is 0 Å². The van der Waals surface area contributed by atoms with E-state index < -0.39 is 0 Å². The fraction of sp³-hybridized carbons (Fsp3) is 0.467. The number of nitrogens with zero attached hydrogens (tertiary/aromatic N) is 1. The highest BCUT2D eigenvalue weighted by Crippen LogP contribution is 2.28. The highest BCUT2D eigenvalue weighted by Gasteiger charge is 2.22. The van der Waals surface area contributed by atoms with Gasteiger partial charge >= 0.3 is 0 Å². The van der Waals surface area contributed by atoms with Gasteiger partial charge in [0.2, 0.25) is 0 Å². The van der Waals surface area contributed by atoms with E-state index in [2.05, 4.69) is 16.8 Å². The molecule has 1 aromatic rings. The van der Waals surface area contributed by atoms with Crippen LogP contribution in [0.1, 0.15) is 24.4 Å². The molecule has 1 aliphatic heterocycles. The highest BCUT2D eigenvalue weighted by atomic mass is 35.5. The number of halogens is 4. The molecule has 0 aromatic heterocycles. The van der Waals surface area contributed by atoms with Gasteiger partial charge in [0, 0.05) is 32.2 Å². The van der Waals surface area contributed by atoms with Gasteiger partial charge in [-0.1, -0.05) is 23.7 Å². The van der Waals surface area contributed by atoms with E-state index in [1.165, 1.54) is 0 Å². The Morgan fingerprint density at radius 3 is 2.57 bits per heavy atom. The van der Waals surface area contributed by atoms with Gasteiger partial charge in [-0.15, -0.1) is 31.4 Å². The maximum Gasteiger partial charge on any atom is 0.142 e. The molecule has 0 spiro atoms. The van der Waals surface area contributed by atoms with Crippen molar-refractivity contribution in [2.75, 3.05) is 26.2 Å². The van der Waals surface area contributed by atoms with Gasteiger partial charge in [0.1, 0.15) is 5.82 Å². The summed E-state index contributed by atoms with van der Waals surface area (Å²) in [6.07, 6.45) is 3.81. The summed E-state index contributed by atoms with van der Waals surface area (Å²) in [6.45, 7) is 7.73. The fourth-order valence-corrected chi connectivity index (χ4v) is 2.67. The van der Waals surface area contributed by atoms with E-state index in [9.17, 15) is 4.39 Å². The molecule has 1 saturated heterocycles. The van der Waals surface area contributed by atoms with Gasteiger partial charge in [-0.3, -0.25) is 4.90 Å². The topological polar surface area (TPSA) is 15.3 Å². The maximum absolute atomic E-state index is 13.6. The lowest BCUT2D eigenvalue weighted by Crippen LogP contribution is -2.45. The van der Waals surface area contributed by atoms with Gasteiger partial charge in [-0.05, 0) is 30.5 Å². The molecule has 0 radical (unpaired) electrons. The third-order valence-corrected chi connectivity index (χ3v) is 3.87. The molecule has 1 aromatic carbocycles. The zero-order chi connectivity index (χ0) is 13.7. The van der Waals surface area contributed by atoms with E-state index in [0.29, 0.717) is 0 Å². The Kier molecular flexibility index (Phi) is 10.3. The molecule has 1 atom stereocenters. The van der Waals surface area contributed by atoms with E-state index in [1.54, 1.807) is 12.1 Å². The Labute approximate surface area is 143 Å². The summed E-state index contributed by atoms with van der Waals surface area (Å²) in [5.41, 5.74) is 1.01. The minimum Gasteiger partial charge on any atom is -0.314 e. The lowest BCUT2D eigenvalue weighted by atomic mass is 9.99. The molecule has 2 nitrogen and oxygen atoms in total. The van der Waals surface area contributed by atoms with Crippen LogP contribution in [-0.4, -0.2) is 31.1 Å². The Morgan fingerprint density at radius 2 is 2.00 bits per heavy atom. The first-order valence-electron chi connectivity index (χ1n) is 6.73. The molecular formula is C15H22Cl3FN2. The lowest BCUT2D eigenvalue weighted by molar-refractivity contribution is 0.166. The second kappa shape index (κ2) is 10.4. The van der Waals surface area contributed by atoms with Crippen LogP contribution in [0.25, 0.3) is 0 Å². The number of nitrogens with one attached hydrogen (secondary N) is 1. The molecule has 0 aliphatic carbocycles. The normalized spacial score (nSPS) is 16.5. The molecule has 0 saturated carbocycles. The smallest absolute Gasteiger partial charge is 0.142 e. The van der Waals surface area contributed by atoms with Crippen LogP contribution in [0.15, 0.2) is 30.9 Å². The SMILES string of the molecule is C=CCC[C@H](c1ccc(Cl)c(F)c1)N1CCNCC1.Cl.Cl. The quantitative estimate of drug-likeness (QED) is 0.795. The number of allylic oxidation sites excluding steroid dienone is 1. The molecule has 6 heteroatoms. The van der Waals surface area contributed by atoms with Crippen LogP contribution in [0.2, 0.25) is 5.02 Å². The van der Waals surface area contributed by atoms with Crippen LogP contribution in [0.3, 0.4) is 0 Å².